The van der Waals surface area contributed by atoms with Crippen LogP contribution in [0.4, 0.5) is 0 Å². The molecule has 3 unspecified atom stereocenters. The molecule has 0 radical (unpaired) electrons. The average Bonchev–Trinajstić information content (AvgIpc) is 3.61. The van der Waals surface area contributed by atoms with Crippen LogP contribution in [-0.2, 0) is 65.4 Å². The molecule has 0 aromatic carbocycles. The van der Waals surface area contributed by atoms with Crippen molar-refractivity contribution in [1.82, 2.24) is 0 Å². The van der Waals surface area contributed by atoms with Crippen molar-refractivity contribution in [2.45, 2.75) is 387 Å². The number of carbonyl (C=O) groups excluding carboxylic acids is 4. The number of hydrogen-bond acceptors (Lipinski definition) is 15. The van der Waals surface area contributed by atoms with Gasteiger partial charge in [-0.1, -0.05) is 317 Å². The summed E-state index contributed by atoms with van der Waals surface area (Å²) in [6.45, 7) is 7.17. The third-order valence-corrected chi connectivity index (χ3v) is 18.8. The van der Waals surface area contributed by atoms with Gasteiger partial charge in [0.2, 0.25) is 0 Å². The summed E-state index contributed by atoms with van der Waals surface area (Å²) in [6, 6.07) is 0. The van der Waals surface area contributed by atoms with Gasteiger partial charge in [-0.25, -0.2) is 9.13 Å². The second kappa shape index (κ2) is 64.4. The van der Waals surface area contributed by atoms with E-state index < -0.39 is 97.5 Å². The maximum Gasteiger partial charge on any atom is 0.472 e. The normalized spacial score (nSPS) is 14.4. The molecule has 0 aliphatic heterocycles. The molecule has 0 aromatic rings. The summed E-state index contributed by atoms with van der Waals surface area (Å²) in [5.41, 5.74) is 0. The predicted molar refractivity (Wildman–Crippen MR) is 363 cm³/mol. The van der Waals surface area contributed by atoms with Gasteiger partial charge in [-0.05, 0) is 31.6 Å². The summed E-state index contributed by atoms with van der Waals surface area (Å²) in [5, 5.41) is 10.6. The molecule has 0 rings (SSSR count). The standard InChI is InChI=1S/C71H138O17P2/c1-6-10-13-16-19-22-24-25-26-27-28-29-30-31-32-33-34-35-37-40-47-52-57-71(76)88-67(61-82-69(74)55-50-45-42-41-43-48-53-64(5)9-4)63-86-90(79,80)84-59-65(72)58-83-89(77,78)85-62-66(60-81-68(73)54-49-44-38-21-18-15-12-8-3)87-70(75)56-51-46-39-36-23-20-17-14-11-7-2/h64-67,72H,6-63H2,1-5H3,(H,77,78)(H,79,80)/t64?,65-,66+,67+/m0/s1. The molecule has 19 heteroatoms. The van der Waals surface area contributed by atoms with Crippen molar-refractivity contribution in [3.63, 3.8) is 0 Å². The Labute approximate surface area is 549 Å². The Balaban J connectivity index is 5.11. The Bertz CT molecular complexity index is 1740. The van der Waals surface area contributed by atoms with Crippen LogP contribution in [-0.4, -0.2) is 96.7 Å². The van der Waals surface area contributed by atoms with Crippen molar-refractivity contribution in [2.24, 2.45) is 5.92 Å². The minimum atomic E-state index is -4.95. The second-order valence-corrected chi connectivity index (χ2v) is 28.8. The highest BCUT2D eigenvalue weighted by Gasteiger charge is 2.30. The molecule has 0 bridgehead atoms. The number of unbranched alkanes of at least 4 members (excludes halogenated alkanes) is 42. The molecule has 3 N–H and O–H groups in total. The summed E-state index contributed by atoms with van der Waals surface area (Å²) < 4.78 is 68.2. The van der Waals surface area contributed by atoms with Gasteiger partial charge in [-0.15, -0.1) is 0 Å². The van der Waals surface area contributed by atoms with E-state index in [2.05, 4.69) is 34.6 Å². The zero-order valence-corrected chi connectivity index (χ0v) is 60.1. The summed E-state index contributed by atoms with van der Waals surface area (Å²) in [6.07, 6.45) is 51.7. The molecule has 0 fully saturated rings. The molecule has 0 saturated heterocycles. The first-order valence-electron chi connectivity index (χ1n) is 37.2. The second-order valence-electron chi connectivity index (χ2n) is 25.9. The lowest BCUT2D eigenvalue weighted by molar-refractivity contribution is -0.161. The quantitative estimate of drug-likeness (QED) is 0.0222. The number of phosphoric acid groups is 2. The van der Waals surface area contributed by atoms with Crippen molar-refractivity contribution >= 4 is 39.5 Å². The fourth-order valence-electron chi connectivity index (χ4n) is 10.8. The average molecular weight is 1330 g/mol. The third kappa shape index (κ3) is 63.5. The molecule has 17 nitrogen and oxygen atoms in total. The van der Waals surface area contributed by atoms with Gasteiger partial charge in [-0.3, -0.25) is 37.3 Å². The summed E-state index contributed by atoms with van der Waals surface area (Å²) >= 11 is 0. The number of phosphoric ester groups is 2. The minimum absolute atomic E-state index is 0.106. The van der Waals surface area contributed by atoms with Crippen molar-refractivity contribution in [3.05, 3.63) is 0 Å². The summed E-state index contributed by atoms with van der Waals surface area (Å²) in [5.74, 6) is -1.40. The van der Waals surface area contributed by atoms with Gasteiger partial charge in [0, 0.05) is 25.7 Å². The highest BCUT2D eigenvalue weighted by atomic mass is 31.2. The molecule has 0 aliphatic rings. The van der Waals surface area contributed by atoms with E-state index in [1.54, 1.807) is 0 Å². The molecular formula is C71H138O17P2. The lowest BCUT2D eigenvalue weighted by atomic mass is 10.00. The first kappa shape index (κ1) is 88.1. The SMILES string of the molecule is CCCCCCCCCCCCCCCCCCCCCCCCC(=O)O[C@H](COC(=O)CCCCCCCCC(C)CC)COP(=O)(O)OC[C@@H](O)COP(=O)(O)OC[C@@H](COC(=O)CCCCCCCCCC)OC(=O)CCCCCCCCCCCC. The zero-order chi connectivity index (χ0) is 66.3. The number of carbonyl (C=O) groups is 4. The van der Waals surface area contributed by atoms with Crippen LogP contribution in [0.25, 0.3) is 0 Å². The highest BCUT2D eigenvalue weighted by molar-refractivity contribution is 7.47. The third-order valence-electron chi connectivity index (χ3n) is 16.9. The van der Waals surface area contributed by atoms with Gasteiger partial charge >= 0.3 is 39.5 Å². The maximum atomic E-state index is 13.0. The fourth-order valence-corrected chi connectivity index (χ4v) is 12.4. The largest absolute Gasteiger partial charge is 0.472 e. The van der Waals surface area contributed by atoms with Crippen molar-refractivity contribution in [1.29, 1.82) is 0 Å². The smallest absolute Gasteiger partial charge is 0.462 e. The van der Waals surface area contributed by atoms with Crippen LogP contribution in [0.15, 0.2) is 0 Å². The first-order valence-corrected chi connectivity index (χ1v) is 40.2. The number of aliphatic hydroxyl groups is 1. The Morgan fingerprint density at radius 1 is 0.311 bits per heavy atom. The molecular weight excluding hydrogens is 1190 g/mol. The van der Waals surface area contributed by atoms with E-state index in [0.717, 1.165) is 109 Å². The molecule has 0 aromatic heterocycles. The van der Waals surface area contributed by atoms with Gasteiger partial charge in [0.1, 0.15) is 19.3 Å². The number of esters is 4. The zero-order valence-electron chi connectivity index (χ0n) is 58.3. The molecule has 534 valence electrons. The maximum absolute atomic E-state index is 13.0. The molecule has 90 heavy (non-hydrogen) atoms. The minimum Gasteiger partial charge on any atom is -0.462 e. The van der Waals surface area contributed by atoms with Crippen LogP contribution in [0, 0.1) is 5.92 Å². The highest BCUT2D eigenvalue weighted by Crippen LogP contribution is 2.45. The Morgan fingerprint density at radius 2 is 0.533 bits per heavy atom. The Morgan fingerprint density at radius 3 is 0.789 bits per heavy atom. The van der Waals surface area contributed by atoms with Crippen LogP contribution in [0.1, 0.15) is 369 Å². The van der Waals surface area contributed by atoms with Gasteiger partial charge in [-0.2, -0.15) is 0 Å². The fraction of sp³-hybridized carbons (Fsp3) is 0.944. The monoisotopic (exact) mass is 1320 g/mol. The Kier molecular flexibility index (Phi) is 63.0. The van der Waals surface area contributed by atoms with Gasteiger partial charge in [0.05, 0.1) is 26.4 Å². The number of hydrogen-bond donors (Lipinski definition) is 3. The van der Waals surface area contributed by atoms with Crippen molar-refractivity contribution in [2.75, 3.05) is 39.6 Å². The van der Waals surface area contributed by atoms with E-state index in [0.29, 0.717) is 25.7 Å². The topological polar surface area (TPSA) is 237 Å². The number of aliphatic hydroxyl groups excluding tert-OH is 1. The summed E-state index contributed by atoms with van der Waals surface area (Å²) in [7, 11) is -9.89. The van der Waals surface area contributed by atoms with E-state index in [9.17, 15) is 43.2 Å². The van der Waals surface area contributed by atoms with Crippen LogP contribution >= 0.6 is 15.6 Å². The molecule has 6 atom stereocenters. The van der Waals surface area contributed by atoms with E-state index in [1.165, 1.54) is 180 Å². The lowest BCUT2D eigenvalue weighted by Crippen LogP contribution is -2.30. The van der Waals surface area contributed by atoms with E-state index in [1.807, 2.05) is 0 Å². The molecule has 0 amide bonds. The van der Waals surface area contributed by atoms with Crippen LogP contribution in [0.3, 0.4) is 0 Å². The van der Waals surface area contributed by atoms with Crippen molar-refractivity contribution in [3.8, 4) is 0 Å². The van der Waals surface area contributed by atoms with E-state index >= 15 is 0 Å². The Hall–Kier alpha value is -1.94. The molecule has 0 spiro atoms. The van der Waals surface area contributed by atoms with E-state index in [-0.39, 0.29) is 25.7 Å². The van der Waals surface area contributed by atoms with Crippen LogP contribution in [0.5, 0.6) is 0 Å². The molecule has 0 aliphatic carbocycles. The molecule has 0 saturated carbocycles. The molecule has 0 heterocycles. The van der Waals surface area contributed by atoms with Crippen LogP contribution in [0.2, 0.25) is 0 Å². The van der Waals surface area contributed by atoms with Crippen LogP contribution < -0.4 is 0 Å². The summed E-state index contributed by atoms with van der Waals surface area (Å²) in [4.78, 5) is 72.4. The number of ether oxygens (including phenoxy) is 4. The van der Waals surface area contributed by atoms with Gasteiger partial charge in [0.25, 0.3) is 0 Å². The van der Waals surface area contributed by atoms with Gasteiger partial charge < -0.3 is 33.8 Å². The van der Waals surface area contributed by atoms with Crippen molar-refractivity contribution < 1.29 is 80.2 Å². The first-order chi connectivity index (χ1) is 43.6. The van der Waals surface area contributed by atoms with Gasteiger partial charge in [0.15, 0.2) is 12.2 Å². The number of rotatable bonds is 71. The lowest BCUT2D eigenvalue weighted by Gasteiger charge is -2.21. The van der Waals surface area contributed by atoms with E-state index in [4.69, 9.17) is 37.0 Å². The predicted octanol–water partition coefficient (Wildman–Crippen LogP) is 20.5.